The molecule has 0 aliphatic carbocycles. The number of rotatable bonds is 4. The SMILES string of the molecule is C/C(OS(=O)(=O)C(F)(F)F)=C1/C[C@H](c2ccccc2)O[C@@H]1c1ccc2ccccc2c1. The Balaban J connectivity index is 1.77. The van der Waals surface area contributed by atoms with E-state index in [4.69, 9.17) is 4.74 Å². The van der Waals surface area contributed by atoms with Gasteiger partial charge in [-0.3, -0.25) is 0 Å². The van der Waals surface area contributed by atoms with E-state index in [-0.39, 0.29) is 12.2 Å². The van der Waals surface area contributed by atoms with Gasteiger partial charge >= 0.3 is 15.6 Å². The first-order valence-electron chi connectivity index (χ1n) is 9.55. The lowest BCUT2D eigenvalue weighted by Gasteiger charge is -2.17. The fourth-order valence-corrected chi connectivity index (χ4v) is 4.24. The molecule has 0 unspecified atom stereocenters. The van der Waals surface area contributed by atoms with Crippen molar-refractivity contribution in [3.63, 3.8) is 0 Å². The normalized spacial score (nSPS) is 21.3. The van der Waals surface area contributed by atoms with Gasteiger partial charge in [0.05, 0.1) is 6.10 Å². The van der Waals surface area contributed by atoms with Crippen molar-refractivity contribution in [2.24, 2.45) is 0 Å². The molecule has 0 spiro atoms. The molecule has 3 aromatic rings. The number of ether oxygens (including phenoxy) is 1. The molecule has 0 N–H and O–H groups in total. The smallest absolute Gasteiger partial charge is 0.381 e. The van der Waals surface area contributed by atoms with Gasteiger partial charge in [0, 0.05) is 12.0 Å². The van der Waals surface area contributed by atoms with Crippen molar-refractivity contribution >= 4 is 20.9 Å². The lowest BCUT2D eigenvalue weighted by molar-refractivity contribution is -0.0522. The van der Waals surface area contributed by atoms with Crippen LogP contribution in [0.3, 0.4) is 0 Å². The molecule has 1 fully saturated rings. The highest BCUT2D eigenvalue weighted by atomic mass is 32.2. The van der Waals surface area contributed by atoms with Crippen molar-refractivity contribution in [2.45, 2.75) is 31.1 Å². The zero-order valence-corrected chi connectivity index (χ0v) is 17.3. The van der Waals surface area contributed by atoms with Crippen LogP contribution in [0.15, 0.2) is 84.1 Å². The Morgan fingerprint density at radius 2 is 1.58 bits per heavy atom. The summed E-state index contributed by atoms with van der Waals surface area (Å²) in [5, 5.41) is 1.94. The lowest BCUT2D eigenvalue weighted by atomic mass is 9.96. The standard InChI is InChI=1S/C23H19F3O4S/c1-15(30-31(27,28)23(24,25)26)20-14-21(17-8-3-2-4-9-17)29-22(20)19-12-11-16-7-5-6-10-18(16)13-19/h2-13,21-22H,14H2,1H3/b20-15+/t21-,22-/m1/s1. The summed E-state index contributed by atoms with van der Waals surface area (Å²) in [6.07, 6.45) is -0.973. The summed E-state index contributed by atoms with van der Waals surface area (Å²) in [6.45, 7) is 1.23. The summed E-state index contributed by atoms with van der Waals surface area (Å²) < 4.78 is 72.3. The van der Waals surface area contributed by atoms with E-state index in [1.54, 1.807) is 0 Å². The second-order valence-electron chi connectivity index (χ2n) is 7.29. The Labute approximate surface area is 178 Å². The minimum atomic E-state index is -5.77. The summed E-state index contributed by atoms with van der Waals surface area (Å²) in [4.78, 5) is 0. The maximum absolute atomic E-state index is 12.9. The first-order valence-corrected chi connectivity index (χ1v) is 11.0. The van der Waals surface area contributed by atoms with E-state index in [9.17, 15) is 21.6 Å². The van der Waals surface area contributed by atoms with E-state index in [0.29, 0.717) is 11.1 Å². The third-order valence-corrected chi connectivity index (χ3v) is 6.28. The first kappa shape index (κ1) is 21.4. The second-order valence-corrected chi connectivity index (χ2v) is 8.83. The minimum Gasteiger partial charge on any atom is -0.381 e. The molecule has 0 bridgehead atoms. The average molecular weight is 448 g/mol. The molecule has 8 heteroatoms. The van der Waals surface area contributed by atoms with Gasteiger partial charge in [0.2, 0.25) is 0 Å². The molecule has 1 aliphatic rings. The molecule has 2 atom stereocenters. The quantitative estimate of drug-likeness (QED) is 0.272. The number of fused-ring (bicyclic) bond motifs is 1. The molecule has 4 rings (SSSR count). The van der Waals surface area contributed by atoms with Crippen molar-refractivity contribution in [3.8, 4) is 0 Å². The van der Waals surface area contributed by atoms with E-state index in [0.717, 1.165) is 16.3 Å². The van der Waals surface area contributed by atoms with Gasteiger partial charge in [0.1, 0.15) is 11.9 Å². The molecule has 31 heavy (non-hydrogen) atoms. The number of hydrogen-bond donors (Lipinski definition) is 0. The fourth-order valence-electron chi connectivity index (χ4n) is 3.71. The van der Waals surface area contributed by atoms with E-state index in [2.05, 4.69) is 4.18 Å². The van der Waals surface area contributed by atoms with E-state index in [1.165, 1.54) is 6.92 Å². The summed E-state index contributed by atoms with van der Waals surface area (Å²) >= 11 is 0. The summed E-state index contributed by atoms with van der Waals surface area (Å²) in [5.41, 5.74) is -3.60. The zero-order chi connectivity index (χ0) is 22.2. The molecule has 0 amide bonds. The number of benzene rings is 3. The number of allylic oxidation sites excluding steroid dienone is 1. The van der Waals surface area contributed by atoms with Crippen LogP contribution in [0.2, 0.25) is 0 Å². The zero-order valence-electron chi connectivity index (χ0n) is 16.5. The predicted molar refractivity (Wildman–Crippen MR) is 110 cm³/mol. The maximum atomic E-state index is 12.9. The van der Waals surface area contributed by atoms with Gasteiger partial charge in [0.25, 0.3) is 0 Å². The Morgan fingerprint density at radius 1 is 0.935 bits per heavy atom. The Morgan fingerprint density at radius 3 is 2.26 bits per heavy atom. The van der Waals surface area contributed by atoms with Crippen LogP contribution in [0.1, 0.15) is 36.7 Å². The van der Waals surface area contributed by atoms with Gasteiger partial charge in [-0.1, -0.05) is 66.7 Å². The van der Waals surface area contributed by atoms with Gasteiger partial charge in [-0.15, -0.1) is 0 Å². The molecule has 0 saturated carbocycles. The first-order chi connectivity index (χ1) is 14.7. The summed E-state index contributed by atoms with van der Waals surface area (Å²) in [7, 11) is -5.77. The molecular formula is C23H19F3O4S. The fraction of sp³-hybridized carbons (Fsp3) is 0.217. The third kappa shape index (κ3) is 4.31. The molecular weight excluding hydrogens is 429 g/mol. The van der Waals surface area contributed by atoms with Crippen LogP contribution in [-0.4, -0.2) is 13.9 Å². The molecule has 1 saturated heterocycles. The van der Waals surface area contributed by atoms with Crippen LogP contribution in [0.25, 0.3) is 10.8 Å². The molecule has 0 radical (unpaired) electrons. The number of alkyl halides is 3. The summed E-state index contributed by atoms with van der Waals surface area (Å²) in [5.74, 6) is -0.325. The van der Waals surface area contributed by atoms with Gasteiger partial charge in [-0.05, 0) is 34.9 Å². The minimum absolute atomic E-state index is 0.209. The van der Waals surface area contributed by atoms with Crippen LogP contribution < -0.4 is 0 Å². The highest BCUT2D eigenvalue weighted by molar-refractivity contribution is 7.87. The maximum Gasteiger partial charge on any atom is 0.534 e. The van der Waals surface area contributed by atoms with Crippen LogP contribution in [-0.2, 0) is 19.0 Å². The monoisotopic (exact) mass is 448 g/mol. The topological polar surface area (TPSA) is 52.6 Å². The summed E-state index contributed by atoms with van der Waals surface area (Å²) in [6, 6.07) is 22.5. The second kappa shape index (κ2) is 8.01. The lowest BCUT2D eigenvalue weighted by Crippen LogP contribution is -2.25. The van der Waals surface area contributed by atoms with Crippen molar-refractivity contribution in [3.05, 3.63) is 95.3 Å². The largest absolute Gasteiger partial charge is 0.534 e. The molecule has 0 aromatic heterocycles. The molecule has 1 heterocycles. The van der Waals surface area contributed by atoms with E-state index in [1.807, 2.05) is 72.8 Å². The third-order valence-electron chi connectivity index (χ3n) is 5.24. The molecule has 3 aromatic carbocycles. The number of halogens is 3. The van der Waals surface area contributed by atoms with Gasteiger partial charge in [-0.25, -0.2) is 0 Å². The van der Waals surface area contributed by atoms with E-state index >= 15 is 0 Å². The highest BCUT2D eigenvalue weighted by Crippen LogP contribution is 2.47. The van der Waals surface area contributed by atoms with Crippen molar-refractivity contribution < 1.29 is 30.5 Å². The van der Waals surface area contributed by atoms with Gasteiger partial charge in [-0.2, -0.15) is 21.6 Å². The highest BCUT2D eigenvalue weighted by Gasteiger charge is 2.49. The average Bonchev–Trinajstić information content (AvgIpc) is 3.19. The van der Waals surface area contributed by atoms with Gasteiger partial charge < -0.3 is 8.92 Å². The Bertz CT molecular complexity index is 1230. The number of hydrogen-bond acceptors (Lipinski definition) is 4. The molecule has 1 aliphatic heterocycles. The van der Waals surface area contributed by atoms with E-state index < -0.39 is 27.8 Å². The van der Waals surface area contributed by atoms with Crippen LogP contribution in [0.4, 0.5) is 13.2 Å². The van der Waals surface area contributed by atoms with Crippen LogP contribution in [0.5, 0.6) is 0 Å². The molecule has 162 valence electrons. The van der Waals surface area contributed by atoms with Crippen molar-refractivity contribution in [2.75, 3.05) is 0 Å². The molecule has 4 nitrogen and oxygen atoms in total. The van der Waals surface area contributed by atoms with Crippen LogP contribution >= 0.6 is 0 Å². The van der Waals surface area contributed by atoms with Crippen LogP contribution in [0, 0.1) is 0 Å². The van der Waals surface area contributed by atoms with Crippen molar-refractivity contribution in [1.82, 2.24) is 0 Å². The van der Waals surface area contributed by atoms with Gasteiger partial charge in [0.15, 0.2) is 0 Å². The predicted octanol–water partition coefficient (Wildman–Crippen LogP) is 6.18. The Kier molecular flexibility index (Phi) is 5.53. The Hall–Kier alpha value is -2.84. The van der Waals surface area contributed by atoms with Crippen molar-refractivity contribution in [1.29, 1.82) is 0 Å².